The van der Waals surface area contributed by atoms with Gasteiger partial charge in [0.25, 0.3) is 0 Å². The molecule has 0 aliphatic carbocycles. The first-order chi connectivity index (χ1) is 23.3. The average Bonchev–Trinajstić information content (AvgIpc) is 3.55. The predicted octanol–water partition coefficient (Wildman–Crippen LogP) is 11.7. The molecule has 0 spiro atoms. The van der Waals surface area contributed by atoms with E-state index in [1.54, 1.807) is 0 Å². The Bertz CT molecular complexity index is 2500. The summed E-state index contributed by atoms with van der Waals surface area (Å²) in [7, 11) is 0. The van der Waals surface area contributed by atoms with Crippen molar-refractivity contribution in [2.45, 2.75) is 0 Å². The maximum Gasteiger partial charge on any atom is 0.164 e. The van der Waals surface area contributed by atoms with E-state index in [0.717, 1.165) is 16.7 Å². The van der Waals surface area contributed by atoms with Crippen LogP contribution in [0.3, 0.4) is 0 Å². The quantitative estimate of drug-likeness (QED) is 0.193. The molecule has 0 unspecified atom stereocenters. The fourth-order valence-corrected chi connectivity index (χ4v) is 7.84. The molecule has 220 valence electrons. The number of aromatic nitrogens is 3. The molecule has 0 aliphatic rings. The van der Waals surface area contributed by atoms with Crippen LogP contribution < -0.4 is 0 Å². The molecule has 47 heavy (non-hydrogen) atoms. The summed E-state index contributed by atoms with van der Waals surface area (Å²) in [5, 5.41) is 4.84. The minimum atomic E-state index is 0.658. The second kappa shape index (κ2) is 11.4. The van der Waals surface area contributed by atoms with E-state index in [2.05, 4.69) is 127 Å². The van der Waals surface area contributed by atoms with E-state index in [9.17, 15) is 0 Å². The van der Waals surface area contributed by atoms with Gasteiger partial charge in [-0.1, -0.05) is 152 Å². The second-order valence-electron chi connectivity index (χ2n) is 11.6. The highest BCUT2D eigenvalue weighted by Crippen LogP contribution is 2.47. The standard InChI is InChI=1S/C43H27N3S/c1-4-14-29(15-5-1)35-25-26-37(43-45-41(30-16-6-2-7-17-30)44-42(46-43)31-18-8-3-9-19-31)38-36-22-12-21-34(39(36)47-40(35)38)33-24-23-28-13-10-11-20-32(28)27-33/h1-27H. The molecule has 0 radical (unpaired) electrons. The normalized spacial score (nSPS) is 11.4. The average molecular weight is 618 g/mol. The summed E-state index contributed by atoms with van der Waals surface area (Å²) in [6.07, 6.45) is 0. The van der Waals surface area contributed by atoms with E-state index in [1.807, 2.05) is 47.7 Å². The van der Waals surface area contributed by atoms with E-state index >= 15 is 0 Å². The molecule has 3 nitrogen and oxygen atoms in total. The largest absolute Gasteiger partial charge is 0.208 e. The Hall–Kier alpha value is -5.97. The highest BCUT2D eigenvalue weighted by molar-refractivity contribution is 7.27. The van der Waals surface area contributed by atoms with Gasteiger partial charge in [0.2, 0.25) is 0 Å². The number of rotatable bonds is 5. The molecule has 0 fully saturated rings. The van der Waals surface area contributed by atoms with Crippen molar-refractivity contribution in [2.24, 2.45) is 0 Å². The van der Waals surface area contributed by atoms with Crippen LogP contribution in [0.25, 0.3) is 87.4 Å². The van der Waals surface area contributed by atoms with E-state index < -0.39 is 0 Å². The fraction of sp³-hybridized carbons (Fsp3) is 0. The van der Waals surface area contributed by atoms with Gasteiger partial charge in [0.05, 0.1) is 0 Å². The van der Waals surface area contributed by atoms with Crippen molar-refractivity contribution in [1.82, 2.24) is 15.0 Å². The topological polar surface area (TPSA) is 38.7 Å². The summed E-state index contributed by atoms with van der Waals surface area (Å²) < 4.78 is 2.47. The van der Waals surface area contributed by atoms with Gasteiger partial charge in [0.1, 0.15) is 0 Å². The highest BCUT2D eigenvalue weighted by Gasteiger charge is 2.21. The van der Waals surface area contributed by atoms with Crippen LogP contribution in [0.5, 0.6) is 0 Å². The van der Waals surface area contributed by atoms with E-state index in [1.165, 1.54) is 53.2 Å². The van der Waals surface area contributed by atoms with Crippen molar-refractivity contribution in [1.29, 1.82) is 0 Å². The lowest BCUT2D eigenvalue weighted by atomic mass is 9.96. The molecule has 4 heteroatoms. The van der Waals surface area contributed by atoms with Crippen molar-refractivity contribution in [3.8, 4) is 56.4 Å². The van der Waals surface area contributed by atoms with Crippen molar-refractivity contribution < 1.29 is 0 Å². The van der Waals surface area contributed by atoms with E-state index in [-0.39, 0.29) is 0 Å². The second-order valence-corrected chi connectivity index (χ2v) is 12.6. The molecule has 0 N–H and O–H groups in total. The first-order valence-corrected chi connectivity index (χ1v) is 16.5. The summed E-state index contributed by atoms with van der Waals surface area (Å²) in [6.45, 7) is 0. The maximum atomic E-state index is 5.14. The van der Waals surface area contributed by atoms with Gasteiger partial charge in [-0.15, -0.1) is 11.3 Å². The summed E-state index contributed by atoms with van der Waals surface area (Å²) >= 11 is 1.85. The van der Waals surface area contributed by atoms with Crippen molar-refractivity contribution in [3.05, 3.63) is 164 Å². The first-order valence-electron chi connectivity index (χ1n) is 15.7. The number of thiophene rings is 1. The van der Waals surface area contributed by atoms with Crippen LogP contribution in [-0.4, -0.2) is 15.0 Å². The number of fused-ring (bicyclic) bond motifs is 4. The van der Waals surface area contributed by atoms with Gasteiger partial charge < -0.3 is 0 Å². The monoisotopic (exact) mass is 617 g/mol. The third-order valence-corrected chi connectivity index (χ3v) is 10.0. The Balaban J connectivity index is 1.34. The third kappa shape index (κ3) is 4.87. The molecule has 0 saturated heterocycles. The van der Waals surface area contributed by atoms with Crippen LogP contribution in [0.15, 0.2) is 164 Å². The van der Waals surface area contributed by atoms with Gasteiger partial charge >= 0.3 is 0 Å². The van der Waals surface area contributed by atoms with Crippen LogP contribution in [0.2, 0.25) is 0 Å². The number of hydrogen-bond acceptors (Lipinski definition) is 4. The number of hydrogen-bond donors (Lipinski definition) is 0. The molecule has 9 rings (SSSR count). The maximum absolute atomic E-state index is 5.14. The summed E-state index contributed by atoms with van der Waals surface area (Å²) in [4.78, 5) is 15.2. The van der Waals surface area contributed by atoms with Gasteiger partial charge in [-0.05, 0) is 45.2 Å². The molecule has 0 aliphatic heterocycles. The molecule has 0 saturated carbocycles. The lowest BCUT2D eigenvalue weighted by Gasteiger charge is -2.11. The molecule has 2 aromatic heterocycles. The Morgan fingerprint density at radius 3 is 1.57 bits per heavy atom. The molecular weight excluding hydrogens is 591 g/mol. The molecule has 7 aromatic carbocycles. The zero-order valence-electron chi connectivity index (χ0n) is 25.3. The smallest absolute Gasteiger partial charge is 0.164 e. The Labute approximate surface area is 276 Å². The van der Waals surface area contributed by atoms with Crippen LogP contribution >= 0.6 is 11.3 Å². The van der Waals surface area contributed by atoms with Crippen LogP contribution in [0, 0.1) is 0 Å². The molecular formula is C43H27N3S. The van der Waals surface area contributed by atoms with Crippen molar-refractivity contribution in [2.75, 3.05) is 0 Å². The molecule has 2 heterocycles. The van der Waals surface area contributed by atoms with Crippen LogP contribution in [0.1, 0.15) is 0 Å². The summed E-state index contributed by atoms with van der Waals surface area (Å²) in [5.74, 6) is 1.98. The third-order valence-electron chi connectivity index (χ3n) is 8.73. The summed E-state index contributed by atoms with van der Waals surface area (Å²) in [6, 6.07) is 57.4. The van der Waals surface area contributed by atoms with Crippen molar-refractivity contribution >= 4 is 42.3 Å². The number of nitrogens with zero attached hydrogens (tertiary/aromatic N) is 3. The highest BCUT2D eigenvalue weighted by atomic mass is 32.1. The predicted molar refractivity (Wildman–Crippen MR) is 197 cm³/mol. The van der Waals surface area contributed by atoms with Crippen molar-refractivity contribution in [3.63, 3.8) is 0 Å². The Morgan fingerprint density at radius 1 is 0.340 bits per heavy atom. The minimum Gasteiger partial charge on any atom is -0.208 e. The number of benzene rings is 7. The van der Waals surface area contributed by atoms with E-state index in [4.69, 9.17) is 15.0 Å². The zero-order valence-corrected chi connectivity index (χ0v) is 26.2. The molecule has 9 aromatic rings. The van der Waals surface area contributed by atoms with Gasteiger partial charge in [0.15, 0.2) is 17.5 Å². The Kier molecular flexibility index (Phi) is 6.65. The minimum absolute atomic E-state index is 0.658. The van der Waals surface area contributed by atoms with Gasteiger partial charge in [0, 0.05) is 36.9 Å². The van der Waals surface area contributed by atoms with Crippen LogP contribution in [0.4, 0.5) is 0 Å². The summed E-state index contributed by atoms with van der Waals surface area (Å²) in [5.41, 5.74) is 7.74. The Morgan fingerprint density at radius 2 is 0.894 bits per heavy atom. The molecule has 0 amide bonds. The van der Waals surface area contributed by atoms with E-state index in [0.29, 0.717) is 17.5 Å². The first kappa shape index (κ1) is 27.3. The fourth-order valence-electron chi connectivity index (χ4n) is 6.45. The lowest BCUT2D eigenvalue weighted by molar-refractivity contribution is 1.08. The molecule has 0 atom stereocenters. The zero-order chi connectivity index (χ0) is 31.2. The lowest BCUT2D eigenvalue weighted by Crippen LogP contribution is -2.00. The van der Waals surface area contributed by atoms with Gasteiger partial charge in [-0.3, -0.25) is 0 Å². The van der Waals surface area contributed by atoms with Gasteiger partial charge in [-0.25, -0.2) is 15.0 Å². The SMILES string of the molecule is c1ccc(-c2nc(-c3ccccc3)nc(-c3ccc(-c4ccccc4)c4sc5c(-c6ccc7ccccc7c6)cccc5c34)n2)cc1. The molecule has 0 bridgehead atoms. The van der Waals surface area contributed by atoms with Gasteiger partial charge in [-0.2, -0.15) is 0 Å². The van der Waals surface area contributed by atoms with Crippen LogP contribution in [-0.2, 0) is 0 Å².